The number of anilines is 2. The van der Waals surface area contributed by atoms with Crippen molar-refractivity contribution in [3.05, 3.63) is 59.9 Å². The Bertz CT molecular complexity index is 819. The molecule has 5 nitrogen and oxygen atoms in total. The Kier molecular flexibility index (Phi) is 4.88. The molecule has 2 aromatic carbocycles. The first-order valence-corrected chi connectivity index (χ1v) is 8.04. The maximum atomic E-state index is 13.6. The van der Waals surface area contributed by atoms with Gasteiger partial charge in [0.1, 0.15) is 5.82 Å². The van der Waals surface area contributed by atoms with Crippen LogP contribution in [0.15, 0.2) is 48.5 Å². The highest BCUT2D eigenvalue weighted by atomic mass is 19.1. The van der Waals surface area contributed by atoms with Gasteiger partial charge in [0.15, 0.2) is 0 Å². The molecule has 3 rings (SSSR count). The Balaban J connectivity index is 1.71. The Morgan fingerprint density at radius 2 is 1.64 bits per heavy atom. The molecule has 0 bridgehead atoms. The number of aryl methyl sites for hydroxylation is 1. The summed E-state index contributed by atoms with van der Waals surface area (Å²) in [5.74, 6) is -1.21. The number of imide groups is 1. The van der Waals surface area contributed by atoms with Crippen LogP contribution >= 0.6 is 0 Å². The van der Waals surface area contributed by atoms with Gasteiger partial charge in [0.25, 0.3) is 0 Å². The lowest BCUT2D eigenvalue weighted by atomic mass is 10.1. The Labute approximate surface area is 144 Å². The molecule has 6 heteroatoms. The summed E-state index contributed by atoms with van der Waals surface area (Å²) in [7, 11) is 0. The summed E-state index contributed by atoms with van der Waals surface area (Å²) >= 11 is 0. The number of hydrogen-bond acceptors (Lipinski definition) is 3. The summed E-state index contributed by atoms with van der Waals surface area (Å²) in [6, 6.07) is 13.0. The van der Waals surface area contributed by atoms with E-state index in [-0.39, 0.29) is 49.2 Å². The second kappa shape index (κ2) is 7.25. The molecule has 0 spiro atoms. The van der Waals surface area contributed by atoms with E-state index in [0.717, 1.165) is 4.90 Å². The van der Waals surface area contributed by atoms with Crippen LogP contribution in [0.4, 0.5) is 15.8 Å². The number of amides is 3. The van der Waals surface area contributed by atoms with Gasteiger partial charge in [-0.05, 0) is 30.2 Å². The van der Waals surface area contributed by atoms with E-state index in [1.165, 1.54) is 6.07 Å². The molecule has 25 heavy (non-hydrogen) atoms. The first-order chi connectivity index (χ1) is 12.1. The smallest absolute Gasteiger partial charge is 0.234 e. The van der Waals surface area contributed by atoms with Crippen LogP contribution in [0.2, 0.25) is 0 Å². The molecular weight excluding hydrogens is 323 g/mol. The molecule has 0 unspecified atom stereocenters. The quantitative estimate of drug-likeness (QED) is 0.851. The summed E-state index contributed by atoms with van der Waals surface area (Å²) < 4.78 is 13.6. The predicted molar refractivity (Wildman–Crippen MR) is 91.5 cm³/mol. The van der Waals surface area contributed by atoms with E-state index in [0.29, 0.717) is 16.9 Å². The molecule has 1 saturated heterocycles. The number of carbonyl (C=O) groups is 3. The lowest BCUT2D eigenvalue weighted by molar-refractivity contribution is -0.121. The van der Waals surface area contributed by atoms with Crippen molar-refractivity contribution in [1.82, 2.24) is 0 Å². The van der Waals surface area contributed by atoms with Crippen LogP contribution in [-0.2, 0) is 20.8 Å². The van der Waals surface area contributed by atoms with Crippen LogP contribution in [0.1, 0.15) is 24.8 Å². The van der Waals surface area contributed by atoms with Crippen molar-refractivity contribution in [3.8, 4) is 0 Å². The summed E-state index contributed by atoms with van der Waals surface area (Å²) in [5.41, 5.74) is 1.23. The van der Waals surface area contributed by atoms with Crippen LogP contribution in [0.5, 0.6) is 0 Å². The summed E-state index contributed by atoms with van der Waals surface area (Å²) in [6.45, 7) is 0. The maximum absolute atomic E-state index is 13.6. The monoisotopic (exact) mass is 340 g/mol. The molecule has 0 atom stereocenters. The second-order valence-corrected chi connectivity index (χ2v) is 5.78. The summed E-state index contributed by atoms with van der Waals surface area (Å²) in [6.07, 6.45) is 0.711. The number of para-hydroxylation sites is 2. The number of rotatable bonds is 5. The van der Waals surface area contributed by atoms with Crippen LogP contribution in [-0.4, -0.2) is 17.7 Å². The average Bonchev–Trinajstić information content (AvgIpc) is 2.93. The first kappa shape index (κ1) is 16.8. The number of halogens is 1. The zero-order chi connectivity index (χ0) is 17.8. The third-order valence-electron chi connectivity index (χ3n) is 4.05. The van der Waals surface area contributed by atoms with Crippen LogP contribution in [0.25, 0.3) is 0 Å². The fourth-order valence-electron chi connectivity index (χ4n) is 2.78. The number of nitrogens with zero attached hydrogens (tertiary/aromatic N) is 1. The average molecular weight is 340 g/mol. The van der Waals surface area contributed by atoms with E-state index in [1.807, 2.05) is 0 Å². The minimum atomic E-state index is -0.344. The van der Waals surface area contributed by atoms with Gasteiger partial charge in [-0.3, -0.25) is 14.4 Å². The normalized spacial score (nSPS) is 14.0. The van der Waals surface area contributed by atoms with Gasteiger partial charge in [-0.15, -0.1) is 0 Å². The third kappa shape index (κ3) is 3.74. The molecular formula is C19H17FN2O3. The van der Waals surface area contributed by atoms with Crippen molar-refractivity contribution in [2.75, 3.05) is 10.2 Å². The first-order valence-electron chi connectivity index (χ1n) is 8.04. The fraction of sp³-hybridized carbons (Fsp3) is 0.211. The minimum Gasteiger partial charge on any atom is -0.324 e. The van der Waals surface area contributed by atoms with E-state index in [4.69, 9.17) is 0 Å². The molecule has 0 saturated carbocycles. The third-order valence-corrected chi connectivity index (χ3v) is 4.05. The largest absolute Gasteiger partial charge is 0.324 e. The molecule has 3 amide bonds. The Hall–Kier alpha value is -3.02. The molecule has 1 fully saturated rings. The van der Waals surface area contributed by atoms with Gasteiger partial charge in [0.2, 0.25) is 17.7 Å². The van der Waals surface area contributed by atoms with E-state index >= 15 is 0 Å². The number of nitrogens with one attached hydrogen (secondary N) is 1. The van der Waals surface area contributed by atoms with Gasteiger partial charge in [0.05, 0.1) is 11.4 Å². The zero-order valence-electron chi connectivity index (χ0n) is 13.5. The zero-order valence-corrected chi connectivity index (χ0v) is 13.5. The predicted octanol–water partition coefficient (Wildman–Crippen LogP) is 3.05. The van der Waals surface area contributed by atoms with E-state index in [9.17, 15) is 18.8 Å². The Morgan fingerprint density at radius 1 is 1.00 bits per heavy atom. The van der Waals surface area contributed by atoms with Crippen LogP contribution in [0.3, 0.4) is 0 Å². The molecule has 1 N–H and O–H groups in total. The molecule has 0 radical (unpaired) electrons. The lowest BCUT2D eigenvalue weighted by Crippen LogP contribution is -2.29. The van der Waals surface area contributed by atoms with E-state index in [2.05, 4.69) is 5.32 Å². The van der Waals surface area contributed by atoms with Crippen molar-refractivity contribution in [3.63, 3.8) is 0 Å². The van der Waals surface area contributed by atoms with Gasteiger partial charge >= 0.3 is 0 Å². The molecule has 1 heterocycles. The van der Waals surface area contributed by atoms with Gasteiger partial charge in [-0.25, -0.2) is 9.29 Å². The molecule has 1 aliphatic rings. The fourth-order valence-corrected chi connectivity index (χ4v) is 2.78. The van der Waals surface area contributed by atoms with Gasteiger partial charge < -0.3 is 5.32 Å². The molecule has 2 aromatic rings. The molecule has 0 aromatic heterocycles. The van der Waals surface area contributed by atoms with Crippen LogP contribution in [0, 0.1) is 5.82 Å². The van der Waals surface area contributed by atoms with Gasteiger partial charge in [0, 0.05) is 19.3 Å². The highest BCUT2D eigenvalue weighted by Crippen LogP contribution is 2.30. The van der Waals surface area contributed by atoms with Crippen molar-refractivity contribution >= 4 is 29.1 Å². The lowest BCUT2D eigenvalue weighted by Gasteiger charge is -2.18. The topological polar surface area (TPSA) is 66.5 Å². The standard InChI is InChI=1S/C19H17FN2O3/c20-14-6-2-1-5-13(14)9-10-17(23)21-15-7-3-4-8-16(15)22-18(24)11-12-19(22)25/h1-8H,9-12H2,(H,21,23). The van der Waals surface area contributed by atoms with Crippen LogP contribution < -0.4 is 10.2 Å². The summed E-state index contributed by atoms with van der Waals surface area (Å²) in [5, 5.41) is 2.71. The second-order valence-electron chi connectivity index (χ2n) is 5.78. The molecule has 0 aliphatic carbocycles. The maximum Gasteiger partial charge on any atom is 0.234 e. The number of carbonyl (C=O) groups excluding carboxylic acids is 3. The van der Waals surface area contributed by atoms with Crippen molar-refractivity contribution in [2.45, 2.75) is 25.7 Å². The van der Waals surface area contributed by atoms with E-state index in [1.54, 1.807) is 42.5 Å². The van der Waals surface area contributed by atoms with Gasteiger partial charge in [-0.1, -0.05) is 30.3 Å². The minimum absolute atomic E-state index is 0.0944. The van der Waals surface area contributed by atoms with Crippen molar-refractivity contribution in [1.29, 1.82) is 0 Å². The number of benzene rings is 2. The van der Waals surface area contributed by atoms with Crippen molar-refractivity contribution < 1.29 is 18.8 Å². The molecule has 1 aliphatic heterocycles. The number of hydrogen-bond donors (Lipinski definition) is 1. The Morgan fingerprint density at radius 3 is 2.36 bits per heavy atom. The van der Waals surface area contributed by atoms with Crippen molar-refractivity contribution in [2.24, 2.45) is 0 Å². The highest BCUT2D eigenvalue weighted by Gasteiger charge is 2.31. The molecule has 128 valence electrons. The SMILES string of the molecule is O=C(CCc1ccccc1F)Nc1ccccc1N1C(=O)CCC1=O. The highest BCUT2D eigenvalue weighted by molar-refractivity contribution is 6.21. The summed E-state index contributed by atoms with van der Waals surface area (Å²) in [4.78, 5) is 37.2. The van der Waals surface area contributed by atoms with Gasteiger partial charge in [-0.2, -0.15) is 0 Å². The van der Waals surface area contributed by atoms with E-state index < -0.39 is 0 Å².